The van der Waals surface area contributed by atoms with E-state index in [4.69, 9.17) is 10.6 Å². The number of benzene rings is 1. The fraction of sp³-hybridized carbons (Fsp3) is 0.417. The zero-order valence-corrected chi connectivity index (χ0v) is 9.54. The lowest BCUT2D eigenvalue weighted by Gasteiger charge is -2.15. The van der Waals surface area contributed by atoms with Crippen LogP contribution in [0.2, 0.25) is 0 Å². The highest BCUT2D eigenvalue weighted by Crippen LogP contribution is 2.48. The maximum absolute atomic E-state index is 11.7. The average Bonchev–Trinajstić information content (AvgIpc) is 3.09. The van der Waals surface area contributed by atoms with Gasteiger partial charge in [0.15, 0.2) is 0 Å². The van der Waals surface area contributed by atoms with Crippen molar-refractivity contribution in [2.45, 2.75) is 25.2 Å². The zero-order valence-electron chi connectivity index (χ0n) is 9.54. The molecule has 16 heavy (non-hydrogen) atoms. The molecule has 1 aliphatic rings. The molecule has 3 N–H and O–H groups in total. The van der Waals surface area contributed by atoms with E-state index >= 15 is 0 Å². The number of hydrazine groups is 1. The molecular weight excluding hydrogens is 204 g/mol. The van der Waals surface area contributed by atoms with Crippen LogP contribution in [-0.4, -0.2) is 13.0 Å². The number of nitrogens with one attached hydrogen (secondary N) is 1. The summed E-state index contributed by atoms with van der Waals surface area (Å²) < 4.78 is 5.19. The summed E-state index contributed by atoms with van der Waals surface area (Å²) in [5, 5.41) is 0. The molecule has 86 valence electrons. The van der Waals surface area contributed by atoms with Crippen molar-refractivity contribution in [2.75, 3.05) is 7.11 Å². The quantitative estimate of drug-likeness (QED) is 0.454. The minimum atomic E-state index is -0.397. The topological polar surface area (TPSA) is 64.3 Å². The third-order valence-corrected chi connectivity index (χ3v) is 3.26. The number of amides is 1. The zero-order chi connectivity index (χ0) is 11.8. The molecule has 2 rings (SSSR count). The third kappa shape index (κ3) is 1.55. The van der Waals surface area contributed by atoms with Gasteiger partial charge in [0.05, 0.1) is 12.5 Å². The molecule has 1 fully saturated rings. The first kappa shape index (κ1) is 11.0. The van der Waals surface area contributed by atoms with E-state index in [1.165, 1.54) is 0 Å². The number of carbonyl (C=O) groups excluding carboxylic acids is 1. The van der Waals surface area contributed by atoms with Crippen LogP contribution in [0.3, 0.4) is 0 Å². The smallest absolute Gasteiger partial charge is 0.244 e. The lowest BCUT2D eigenvalue weighted by molar-refractivity contribution is -0.123. The minimum absolute atomic E-state index is 0.0999. The van der Waals surface area contributed by atoms with Gasteiger partial charge >= 0.3 is 0 Å². The van der Waals surface area contributed by atoms with Gasteiger partial charge in [-0.2, -0.15) is 0 Å². The Kier molecular flexibility index (Phi) is 2.59. The minimum Gasteiger partial charge on any atom is -0.496 e. The number of hydrogen-bond donors (Lipinski definition) is 2. The molecule has 0 radical (unpaired) electrons. The summed E-state index contributed by atoms with van der Waals surface area (Å²) in [6, 6.07) is 5.84. The molecule has 0 saturated heterocycles. The fourth-order valence-electron chi connectivity index (χ4n) is 2.09. The summed E-state index contributed by atoms with van der Waals surface area (Å²) in [4.78, 5) is 11.7. The van der Waals surface area contributed by atoms with Crippen molar-refractivity contribution in [1.29, 1.82) is 0 Å². The summed E-state index contributed by atoms with van der Waals surface area (Å²) in [7, 11) is 1.64. The Hall–Kier alpha value is -1.55. The first-order valence-corrected chi connectivity index (χ1v) is 5.30. The normalized spacial score (nSPS) is 16.7. The third-order valence-electron chi connectivity index (χ3n) is 3.26. The Labute approximate surface area is 94.8 Å². The van der Waals surface area contributed by atoms with Crippen molar-refractivity contribution in [3.8, 4) is 5.75 Å². The van der Waals surface area contributed by atoms with E-state index in [2.05, 4.69) is 5.43 Å². The van der Waals surface area contributed by atoms with Crippen molar-refractivity contribution in [3.05, 3.63) is 29.3 Å². The van der Waals surface area contributed by atoms with Gasteiger partial charge in [-0.1, -0.05) is 12.1 Å². The molecule has 1 aromatic rings. The molecule has 4 nitrogen and oxygen atoms in total. The van der Waals surface area contributed by atoms with Gasteiger partial charge in [-0.25, -0.2) is 5.84 Å². The van der Waals surface area contributed by atoms with Crippen molar-refractivity contribution < 1.29 is 9.53 Å². The van der Waals surface area contributed by atoms with E-state index in [-0.39, 0.29) is 5.91 Å². The first-order valence-electron chi connectivity index (χ1n) is 5.30. The number of rotatable bonds is 3. The lowest BCUT2D eigenvalue weighted by atomic mass is 9.93. The van der Waals surface area contributed by atoms with E-state index in [0.717, 1.165) is 29.7 Å². The summed E-state index contributed by atoms with van der Waals surface area (Å²) in [5.41, 5.74) is 3.91. The van der Waals surface area contributed by atoms with Gasteiger partial charge in [0.2, 0.25) is 5.91 Å². The molecule has 0 bridgehead atoms. The van der Waals surface area contributed by atoms with Crippen molar-refractivity contribution in [2.24, 2.45) is 5.84 Å². The molecule has 0 heterocycles. The van der Waals surface area contributed by atoms with Gasteiger partial charge in [0, 0.05) is 0 Å². The SMILES string of the molecule is COc1ccc(C2(C(=O)NN)CC2)cc1C. The highest BCUT2D eigenvalue weighted by molar-refractivity contribution is 5.90. The van der Waals surface area contributed by atoms with Gasteiger partial charge in [0.25, 0.3) is 0 Å². The second-order valence-electron chi connectivity index (χ2n) is 4.24. The molecule has 1 aliphatic carbocycles. The first-order chi connectivity index (χ1) is 7.64. The number of aryl methyl sites for hydroxylation is 1. The van der Waals surface area contributed by atoms with Crippen molar-refractivity contribution in [1.82, 2.24) is 5.43 Å². The molecule has 0 unspecified atom stereocenters. The fourth-order valence-corrected chi connectivity index (χ4v) is 2.09. The van der Waals surface area contributed by atoms with Crippen LogP contribution >= 0.6 is 0 Å². The van der Waals surface area contributed by atoms with Crippen LogP contribution in [0.5, 0.6) is 5.75 Å². The molecule has 1 aromatic carbocycles. The number of nitrogens with two attached hydrogens (primary N) is 1. The van der Waals surface area contributed by atoms with Crippen LogP contribution in [0.15, 0.2) is 18.2 Å². The second-order valence-corrected chi connectivity index (χ2v) is 4.24. The monoisotopic (exact) mass is 220 g/mol. The maximum atomic E-state index is 11.7. The predicted molar refractivity (Wildman–Crippen MR) is 61.0 cm³/mol. The molecule has 1 amide bonds. The van der Waals surface area contributed by atoms with Gasteiger partial charge in [-0.3, -0.25) is 10.2 Å². The van der Waals surface area contributed by atoms with E-state index in [1.807, 2.05) is 25.1 Å². The maximum Gasteiger partial charge on any atom is 0.244 e. The number of methoxy groups -OCH3 is 1. The van der Waals surface area contributed by atoms with Crippen LogP contribution in [0.1, 0.15) is 24.0 Å². The highest BCUT2D eigenvalue weighted by atomic mass is 16.5. The Morgan fingerprint density at radius 3 is 2.62 bits per heavy atom. The Morgan fingerprint density at radius 1 is 1.50 bits per heavy atom. The molecule has 0 atom stereocenters. The molecule has 1 saturated carbocycles. The van der Waals surface area contributed by atoms with E-state index in [0.29, 0.717) is 0 Å². The average molecular weight is 220 g/mol. The lowest BCUT2D eigenvalue weighted by Crippen LogP contribution is -2.39. The van der Waals surface area contributed by atoms with Gasteiger partial charge < -0.3 is 4.74 Å². The summed E-state index contributed by atoms with van der Waals surface area (Å²) in [6.07, 6.45) is 1.73. The predicted octanol–water partition coefficient (Wildman–Crippen LogP) is 1.03. The Morgan fingerprint density at radius 2 is 2.19 bits per heavy atom. The molecule has 4 heteroatoms. The van der Waals surface area contributed by atoms with Crippen molar-refractivity contribution >= 4 is 5.91 Å². The summed E-state index contributed by atoms with van der Waals surface area (Å²) >= 11 is 0. The van der Waals surface area contributed by atoms with E-state index in [1.54, 1.807) is 7.11 Å². The summed E-state index contributed by atoms with van der Waals surface area (Å²) in [6.45, 7) is 1.97. The standard InChI is InChI=1S/C12H16N2O2/c1-8-7-9(3-4-10(8)16-2)12(5-6-12)11(15)14-13/h3-4,7H,5-6,13H2,1-2H3,(H,14,15). The van der Waals surface area contributed by atoms with Crippen LogP contribution in [0, 0.1) is 6.92 Å². The van der Waals surface area contributed by atoms with Gasteiger partial charge in [-0.15, -0.1) is 0 Å². The second kappa shape index (κ2) is 3.79. The Balaban J connectivity index is 2.35. The van der Waals surface area contributed by atoms with Crippen LogP contribution in [0.25, 0.3) is 0 Å². The molecule has 0 aliphatic heterocycles. The molecule has 0 spiro atoms. The molecular formula is C12H16N2O2. The van der Waals surface area contributed by atoms with Crippen LogP contribution < -0.4 is 16.0 Å². The number of ether oxygens (including phenoxy) is 1. The highest BCUT2D eigenvalue weighted by Gasteiger charge is 2.51. The van der Waals surface area contributed by atoms with Crippen LogP contribution in [-0.2, 0) is 10.2 Å². The Bertz CT molecular complexity index is 425. The van der Waals surface area contributed by atoms with Crippen LogP contribution in [0.4, 0.5) is 0 Å². The van der Waals surface area contributed by atoms with Crippen molar-refractivity contribution in [3.63, 3.8) is 0 Å². The number of hydrogen-bond acceptors (Lipinski definition) is 3. The van der Waals surface area contributed by atoms with Gasteiger partial charge in [0.1, 0.15) is 5.75 Å². The van der Waals surface area contributed by atoms with E-state index in [9.17, 15) is 4.79 Å². The largest absolute Gasteiger partial charge is 0.496 e. The van der Waals surface area contributed by atoms with E-state index < -0.39 is 5.41 Å². The number of carbonyl (C=O) groups is 1. The molecule has 0 aromatic heterocycles. The summed E-state index contributed by atoms with van der Waals surface area (Å²) in [5.74, 6) is 5.95. The van der Waals surface area contributed by atoms with Gasteiger partial charge in [-0.05, 0) is 37.0 Å².